The molecule has 2 rings (SSSR count). The Labute approximate surface area is 259 Å². The quantitative estimate of drug-likeness (QED) is 0.128. The summed E-state index contributed by atoms with van der Waals surface area (Å²) in [5.41, 5.74) is 6.43. The number of thiol groups is 1. The average molecular weight is 610 g/mol. The zero-order chi connectivity index (χ0) is 31.0. The first-order valence-corrected chi connectivity index (χ1v) is 15.2. The van der Waals surface area contributed by atoms with Crippen LogP contribution in [0.2, 0.25) is 0 Å². The summed E-state index contributed by atoms with van der Waals surface area (Å²) < 4.78 is 8.05. The van der Waals surface area contributed by atoms with E-state index >= 15 is 0 Å². The molecule has 0 fully saturated rings. The van der Waals surface area contributed by atoms with Crippen LogP contribution in [0.5, 0.6) is 0 Å². The number of halogens is 2. The van der Waals surface area contributed by atoms with Gasteiger partial charge in [-0.25, -0.2) is 0 Å². The monoisotopic (exact) mass is 608 g/mol. The number of hydrogen-bond acceptors (Lipinski definition) is 5. The molecule has 40 heavy (non-hydrogen) atoms. The first-order chi connectivity index (χ1) is 18.8. The third-order valence-electron chi connectivity index (χ3n) is 5.46. The fraction of sp³-hybridized carbons (Fsp3) is 0.469. The normalized spacial score (nSPS) is 11.7. The minimum Gasteiger partial charge on any atom is -0.474 e. The molecule has 0 unspecified atom stereocenters. The molecule has 2 N–H and O–H groups in total. The minimum absolute atomic E-state index is 0.280. The third-order valence-corrected chi connectivity index (χ3v) is 5.78. The van der Waals surface area contributed by atoms with Gasteiger partial charge >= 0.3 is 0 Å². The van der Waals surface area contributed by atoms with Crippen LogP contribution in [0.15, 0.2) is 65.4 Å². The van der Waals surface area contributed by atoms with Gasteiger partial charge in [0.1, 0.15) is 5.60 Å². The maximum absolute atomic E-state index is 6.59. The fourth-order valence-corrected chi connectivity index (χ4v) is 4.43. The van der Waals surface area contributed by atoms with Crippen molar-refractivity contribution in [2.45, 2.75) is 86.9 Å². The van der Waals surface area contributed by atoms with E-state index in [9.17, 15) is 0 Å². The minimum atomic E-state index is -0.303. The number of rotatable bonds is 12. The number of nitrogens with one attached hydrogen (secondary N) is 2. The molecular weight excluding hydrogens is 559 g/mol. The molecule has 2 aromatic heterocycles. The molecule has 2 aromatic rings. The summed E-state index contributed by atoms with van der Waals surface area (Å²) in [6, 6.07) is 4.06. The molecule has 0 spiro atoms. The Morgan fingerprint density at radius 1 is 1.12 bits per heavy atom. The Kier molecular flexibility index (Phi) is 17.9. The summed E-state index contributed by atoms with van der Waals surface area (Å²) in [4.78, 5) is 4.16. The fourth-order valence-electron chi connectivity index (χ4n) is 3.99. The molecular formula is C32H50Cl2N4OS. The van der Waals surface area contributed by atoms with Crippen molar-refractivity contribution in [2.24, 2.45) is 0 Å². The van der Waals surface area contributed by atoms with Crippen LogP contribution in [0.1, 0.15) is 89.4 Å². The van der Waals surface area contributed by atoms with E-state index in [1.54, 1.807) is 12.3 Å². The highest BCUT2D eigenvalue weighted by molar-refractivity contribution is 7.79. The first kappa shape index (κ1) is 37.7. The predicted molar refractivity (Wildman–Crippen MR) is 180 cm³/mol. The van der Waals surface area contributed by atoms with E-state index in [1.165, 1.54) is 22.4 Å². The van der Waals surface area contributed by atoms with E-state index in [0.29, 0.717) is 35.6 Å². The molecule has 0 radical (unpaired) electrons. The van der Waals surface area contributed by atoms with Gasteiger partial charge in [-0.05, 0) is 94.3 Å². The van der Waals surface area contributed by atoms with Crippen LogP contribution < -0.4 is 10.6 Å². The molecule has 0 aliphatic rings. The molecule has 8 heteroatoms. The SMILES string of the molecule is C=C(CNC(=C)OC(C)(C)C)NCc1c(C(C)C)c(/C=C(Cl)\C=C(/C)Cl)n(Cc2ccncc2)c1C.CC.CS. The summed E-state index contributed by atoms with van der Waals surface area (Å²) in [6.07, 6.45) is 9.10. The van der Waals surface area contributed by atoms with E-state index in [0.717, 1.165) is 11.4 Å². The van der Waals surface area contributed by atoms with E-state index in [2.05, 4.69) is 66.7 Å². The highest BCUT2D eigenvalue weighted by Crippen LogP contribution is 2.33. The molecule has 0 aromatic carbocycles. The van der Waals surface area contributed by atoms with Crippen LogP contribution in [0, 0.1) is 6.92 Å². The molecule has 0 saturated carbocycles. The Bertz CT molecular complexity index is 1130. The number of nitrogens with zero attached hydrogens (tertiary/aromatic N) is 2. The lowest BCUT2D eigenvalue weighted by Crippen LogP contribution is -2.29. The van der Waals surface area contributed by atoms with Gasteiger partial charge in [0.05, 0.1) is 6.54 Å². The van der Waals surface area contributed by atoms with Gasteiger partial charge in [-0.2, -0.15) is 12.6 Å². The van der Waals surface area contributed by atoms with Crippen molar-refractivity contribution in [3.63, 3.8) is 0 Å². The average Bonchev–Trinajstić information content (AvgIpc) is 3.13. The molecule has 0 atom stereocenters. The van der Waals surface area contributed by atoms with E-state index in [4.69, 9.17) is 27.9 Å². The smallest absolute Gasteiger partial charge is 0.180 e. The summed E-state index contributed by atoms with van der Waals surface area (Å²) in [5, 5.41) is 7.88. The highest BCUT2D eigenvalue weighted by atomic mass is 35.5. The zero-order valence-corrected chi connectivity index (χ0v) is 28.5. The number of allylic oxidation sites excluding steroid dienone is 3. The highest BCUT2D eigenvalue weighted by Gasteiger charge is 2.22. The number of aromatic nitrogens is 2. The molecule has 0 amide bonds. The maximum atomic E-state index is 6.59. The van der Waals surface area contributed by atoms with Crippen molar-refractivity contribution >= 4 is 41.9 Å². The van der Waals surface area contributed by atoms with Crippen molar-refractivity contribution < 1.29 is 4.74 Å². The standard InChI is InChI=1S/C29H40Cl2N4O.C2H6.CH4S/c1-19(2)28-26(17-33-21(4)16-34-23(6)36-29(7,8)9)22(5)35(18-24-10-12-32-13-11-24)27(28)15-25(31)14-20(3)30;2*1-2/h10-15,19,33-34H,4,6,16-18H2,1-3,5,7-9H3;1-2H3;2H,1H3/b20-14+,25-15+;;. The third kappa shape index (κ3) is 13.4. The Hall–Kier alpha value is -2.28. The van der Waals surface area contributed by atoms with Crippen molar-refractivity contribution in [1.82, 2.24) is 20.2 Å². The van der Waals surface area contributed by atoms with Crippen molar-refractivity contribution in [1.29, 1.82) is 0 Å². The van der Waals surface area contributed by atoms with Gasteiger partial charge in [-0.1, -0.05) is 57.5 Å². The second-order valence-corrected chi connectivity index (χ2v) is 11.2. The van der Waals surface area contributed by atoms with Gasteiger partial charge < -0.3 is 19.9 Å². The molecule has 224 valence electrons. The summed E-state index contributed by atoms with van der Waals surface area (Å²) in [5.74, 6) is 0.806. The van der Waals surface area contributed by atoms with Crippen molar-refractivity contribution in [3.05, 3.63) is 93.5 Å². The van der Waals surface area contributed by atoms with Crippen LogP contribution in [-0.4, -0.2) is 28.0 Å². The van der Waals surface area contributed by atoms with Crippen LogP contribution in [0.4, 0.5) is 0 Å². The lowest BCUT2D eigenvalue weighted by atomic mass is 9.97. The lowest BCUT2D eigenvalue weighted by molar-refractivity contribution is 0.0422. The lowest BCUT2D eigenvalue weighted by Gasteiger charge is -2.23. The Morgan fingerprint density at radius 2 is 1.70 bits per heavy atom. The van der Waals surface area contributed by atoms with Crippen LogP contribution in [-0.2, 0) is 17.8 Å². The number of hydrogen-bond donors (Lipinski definition) is 3. The van der Waals surface area contributed by atoms with Gasteiger partial charge in [0.2, 0.25) is 0 Å². The predicted octanol–water partition coefficient (Wildman–Crippen LogP) is 9.14. The largest absolute Gasteiger partial charge is 0.474 e. The van der Waals surface area contributed by atoms with Gasteiger partial charge in [-0.3, -0.25) is 4.98 Å². The van der Waals surface area contributed by atoms with Gasteiger partial charge in [0, 0.05) is 52.6 Å². The van der Waals surface area contributed by atoms with Crippen LogP contribution in [0.3, 0.4) is 0 Å². The Morgan fingerprint density at radius 3 is 2.20 bits per heavy atom. The van der Waals surface area contributed by atoms with E-state index in [-0.39, 0.29) is 11.5 Å². The molecule has 0 bridgehead atoms. The second kappa shape index (κ2) is 19.0. The van der Waals surface area contributed by atoms with Crippen molar-refractivity contribution in [3.8, 4) is 0 Å². The molecule has 0 aliphatic heterocycles. The van der Waals surface area contributed by atoms with Gasteiger partial charge in [0.25, 0.3) is 0 Å². The molecule has 0 aliphatic carbocycles. The maximum Gasteiger partial charge on any atom is 0.180 e. The first-order valence-electron chi connectivity index (χ1n) is 13.6. The number of pyridine rings is 1. The second-order valence-electron chi connectivity index (χ2n) is 10.2. The molecule has 2 heterocycles. The van der Waals surface area contributed by atoms with E-state index < -0.39 is 0 Å². The zero-order valence-electron chi connectivity index (χ0n) is 26.1. The number of ether oxygens (including phenoxy) is 1. The van der Waals surface area contributed by atoms with Gasteiger partial charge in [-0.15, -0.1) is 0 Å². The summed E-state index contributed by atoms with van der Waals surface area (Å²) >= 11 is 16.2. The molecule has 5 nitrogen and oxygen atoms in total. The topological polar surface area (TPSA) is 51.1 Å². The summed E-state index contributed by atoms with van der Waals surface area (Å²) in [6.45, 7) is 28.3. The Balaban J connectivity index is 0.00000363. The molecule has 0 saturated heterocycles. The van der Waals surface area contributed by atoms with Crippen LogP contribution in [0.25, 0.3) is 6.08 Å². The van der Waals surface area contributed by atoms with Crippen LogP contribution >= 0.6 is 35.8 Å². The van der Waals surface area contributed by atoms with E-state index in [1.807, 2.05) is 72.1 Å². The summed E-state index contributed by atoms with van der Waals surface area (Å²) in [7, 11) is 0. The van der Waals surface area contributed by atoms with Crippen molar-refractivity contribution in [2.75, 3.05) is 12.8 Å². The van der Waals surface area contributed by atoms with Gasteiger partial charge in [0.15, 0.2) is 5.88 Å².